The van der Waals surface area contributed by atoms with E-state index in [9.17, 15) is 22.0 Å². The Morgan fingerprint density at radius 1 is 0.500 bits per heavy atom. The third-order valence-corrected chi connectivity index (χ3v) is 7.33. The van der Waals surface area contributed by atoms with E-state index in [-0.39, 0.29) is 14.2 Å². The third-order valence-electron chi connectivity index (χ3n) is 5.62. The molecule has 6 heteroatoms. The van der Waals surface area contributed by atoms with Gasteiger partial charge in [0.15, 0.2) is 23.3 Å². The van der Waals surface area contributed by atoms with Crippen LogP contribution in [0.25, 0.3) is 0 Å². The molecule has 0 aromatic heterocycles. The molecule has 0 N–H and O–H groups in total. The minimum Gasteiger partial charge on any atom is -0.203 e. The van der Waals surface area contributed by atoms with Gasteiger partial charge < -0.3 is 0 Å². The molecule has 1 rings (SSSR count). The van der Waals surface area contributed by atoms with E-state index in [0.29, 0.717) is 0 Å². The summed E-state index contributed by atoms with van der Waals surface area (Å²) in [5.41, 5.74) is -0.0277. The van der Waals surface area contributed by atoms with Gasteiger partial charge in [-0.3, -0.25) is 0 Å². The Balaban J connectivity index is 2.66. The molecule has 1 aromatic carbocycles. The van der Waals surface area contributed by atoms with E-state index in [1.165, 1.54) is 44.9 Å². The van der Waals surface area contributed by atoms with Gasteiger partial charge in [-0.15, -0.1) is 0 Å². The van der Waals surface area contributed by atoms with E-state index in [2.05, 4.69) is 13.8 Å². The van der Waals surface area contributed by atoms with Gasteiger partial charge in [-0.1, -0.05) is 106 Å². The Labute approximate surface area is 181 Å². The van der Waals surface area contributed by atoms with Crippen molar-refractivity contribution >= 4 is 13.9 Å². The summed E-state index contributed by atoms with van der Waals surface area (Å²) in [4.78, 5) is 0. The molecule has 0 aliphatic carbocycles. The summed E-state index contributed by atoms with van der Waals surface area (Å²) < 4.78 is 68.8. The van der Waals surface area contributed by atoms with Crippen LogP contribution in [-0.2, 0) is 0 Å². The molecule has 0 saturated heterocycles. The van der Waals surface area contributed by atoms with Crippen molar-refractivity contribution in [3.8, 4) is 0 Å². The predicted molar refractivity (Wildman–Crippen MR) is 119 cm³/mol. The Morgan fingerprint density at radius 3 is 1.23 bits per heavy atom. The second-order valence-electron chi connectivity index (χ2n) is 8.25. The lowest BCUT2D eigenvalue weighted by Gasteiger charge is -2.19. The van der Waals surface area contributed by atoms with Gasteiger partial charge in [-0.05, 0) is 18.5 Å². The number of hydrogen-bond donors (Lipinski definition) is 0. The molecular weight excluding hydrogens is 414 g/mol. The zero-order chi connectivity index (χ0) is 22.4. The maximum atomic E-state index is 14.1. The molecule has 0 fully saturated rings. The number of rotatable bonds is 17. The Bertz CT molecular complexity index is 577. The van der Waals surface area contributed by atoms with Gasteiger partial charge in [0.05, 0.1) is 5.30 Å². The van der Waals surface area contributed by atoms with Crippen LogP contribution in [0.3, 0.4) is 0 Å². The Hall–Kier alpha value is -0.700. The molecule has 2 unspecified atom stereocenters. The first kappa shape index (κ1) is 27.3. The molecule has 0 aliphatic rings. The van der Waals surface area contributed by atoms with Gasteiger partial charge in [0, 0.05) is 0 Å². The molecule has 0 aliphatic heterocycles. The lowest BCUT2D eigenvalue weighted by atomic mass is 10.0. The first-order valence-corrected chi connectivity index (χ1v) is 12.8. The summed E-state index contributed by atoms with van der Waals surface area (Å²) >= 11 is 0. The van der Waals surface area contributed by atoms with Gasteiger partial charge in [-0.2, -0.15) is 0 Å². The largest absolute Gasteiger partial charge is 0.203 e. The highest BCUT2D eigenvalue weighted by Crippen LogP contribution is 2.32. The van der Waals surface area contributed by atoms with Crippen molar-refractivity contribution in [2.45, 2.75) is 116 Å². The summed E-state index contributed by atoms with van der Waals surface area (Å²) in [7, 11) is -0.390. The Kier molecular flexibility index (Phi) is 14.6. The van der Waals surface area contributed by atoms with Gasteiger partial charge in [-0.25, -0.2) is 22.0 Å². The summed E-state index contributed by atoms with van der Waals surface area (Å²) in [6.45, 7) is 4.33. The molecule has 1 aromatic rings. The summed E-state index contributed by atoms with van der Waals surface area (Å²) in [5, 5.41) is -0.620. The van der Waals surface area contributed by atoms with E-state index in [4.69, 9.17) is 0 Å². The van der Waals surface area contributed by atoms with E-state index in [1.807, 2.05) is 0 Å². The number of benzene rings is 1. The van der Waals surface area contributed by atoms with Crippen LogP contribution in [0.1, 0.15) is 110 Å². The molecular formula is C24H38F5P. The third kappa shape index (κ3) is 9.62. The lowest BCUT2D eigenvalue weighted by molar-refractivity contribution is 0.384. The molecule has 2 atom stereocenters. The maximum Gasteiger partial charge on any atom is 0.200 e. The highest BCUT2D eigenvalue weighted by Gasteiger charge is 2.27. The number of hydrogen-bond acceptors (Lipinski definition) is 0. The average molecular weight is 453 g/mol. The zero-order valence-corrected chi connectivity index (χ0v) is 19.6. The molecule has 0 heterocycles. The highest BCUT2D eigenvalue weighted by atomic mass is 31.1. The quantitative estimate of drug-likeness (QED) is 0.0727. The van der Waals surface area contributed by atoms with Crippen molar-refractivity contribution in [3.63, 3.8) is 0 Å². The van der Waals surface area contributed by atoms with Crippen molar-refractivity contribution in [2.24, 2.45) is 0 Å². The second kappa shape index (κ2) is 16.0. The molecule has 0 amide bonds. The van der Waals surface area contributed by atoms with Crippen LogP contribution in [-0.4, -0.2) is 5.66 Å². The van der Waals surface area contributed by atoms with E-state index >= 15 is 0 Å². The van der Waals surface area contributed by atoms with Crippen LogP contribution in [0.4, 0.5) is 22.0 Å². The van der Waals surface area contributed by atoms with Crippen molar-refractivity contribution in [1.82, 2.24) is 0 Å². The standard InChI is InChI=1S/C24H38F5P/c1-3-5-7-9-11-13-15-17-18(16-14-12-10-8-6-4-2)30-24-22(28)20(26)19(25)21(27)23(24)29/h18,30H,3-17H2,1-2H3. The first-order chi connectivity index (χ1) is 14.4. The minimum atomic E-state index is -2.07. The van der Waals surface area contributed by atoms with Crippen LogP contribution in [0.2, 0.25) is 0 Å². The van der Waals surface area contributed by atoms with Crippen molar-refractivity contribution < 1.29 is 22.0 Å². The second-order valence-corrected chi connectivity index (χ2v) is 9.86. The topological polar surface area (TPSA) is 0 Å². The van der Waals surface area contributed by atoms with Crippen LogP contribution in [0.15, 0.2) is 0 Å². The first-order valence-electron chi connectivity index (χ1n) is 11.7. The summed E-state index contributed by atoms with van der Waals surface area (Å²) in [6.07, 6.45) is 16.2. The molecule has 174 valence electrons. The average Bonchev–Trinajstić information content (AvgIpc) is 2.75. The van der Waals surface area contributed by atoms with Gasteiger partial charge >= 0.3 is 0 Å². The van der Waals surface area contributed by atoms with Crippen LogP contribution in [0, 0.1) is 29.1 Å². The Morgan fingerprint density at radius 2 is 0.833 bits per heavy atom. The van der Waals surface area contributed by atoms with Crippen LogP contribution < -0.4 is 5.30 Å². The lowest BCUT2D eigenvalue weighted by Crippen LogP contribution is -2.19. The molecule has 0 radical (unpaired) electrons. The summed E-state index contributed by atoms with van der Waals surface area (Å²) in [5.74, 6) is -9.04. The number of unbranched alkanes of at least 4 members (excludes halogenated alkanes) is 11. The van der Waals surface area contributed by atoms with Gasteiger partial charge in [0.2, 0.25) is 5.82 Å². The van der Waals surface area contributed by atoms with E-state index < -0.39 is 34.4 Å². The van der Waals surface area contributed by atoms with Crippen molar-refractivity contribution in [2.75, 3.05) is 0 Å². The molecule has 0 spiro atoms. The predicted octanol–water partition coefficient (Wildman–Crippen LogP) is 8.95. The molecule has 0 saturated carbocycles. The SMILES string of the molecule is CCCCCCCCCC(CCCCCCCC)Pc1c(F)c(F)c(F)c(F)c1F. The summed E-state index contributed by atoms with van der Waals surface area (Å²) in [6, 6.07) is 0. The monoisotopic (exact) mass is 452 g/mol. The van der Waals surface area contributed by atoms with Crippen LogP contribution >= 0.6 is 8.58 Å². The molecule has 30 heavy (non-hydrogen) atoms. The fraction of sp³-hybridized carbons (Fsp3) is 0.750. The van der Waals surface area contributed by atoms with Crippen molar-refractivity contribution in [1.29, 1.82) is 0 Å². The van der Waals surface area contributed by atoms with Crippen LogP contribution in [0.5, 0.6) is 0 Å². The molecule has 0 nitrogen and oxygen atoms in total. The van der Waals surface area contributed by atoms with E-state index in [0.717, 1.165) is 51.4 Å². The van der Waals surface area contributed by atoms with Gasteiger partial charge in [0.25, 0.3) is 0 Å². The fourth-order valence-corrected chi connectivity index (χ4v) is 5.32. The number of halogens is 5. The maximum absolute atomic E-state index is 14.1. The van der Waals surface area contributed by atoms with Crippen molar-refractivity contribution in [3.05, 3.63) is 29.1 Å². The zero-order valence-electron chi connectivity index (χ0n) is 18.6. The van der Waals surface area contributed by atoms with E-state index in [1.54, 1.807) is 0 Å². The normalized spacial score (nSPS) is 12.9. The van der Waals surface area contributed by atoms with Gasteiger partial charge in [0.1, 0.15) is 0 Å². The minimum absolute atomic E-state index is 0.0277. The highest BCUT2D eigenvalue weighted by molar-refractivity contribution is 7.48. The smallest absolute Gasteiger partial charge is 0.200 e. The molecule has 0 bridgehead atoms. The fourth-order valence-electron chi connectivity index (χ4n) is 3.74.